The molecule has 8 nitrogen and oxygen atoms in total. The molecule has 32 heavy (non-hydrogen) atoms. The zero-order chi connectivity index (χ0) is 29.4. The van der Waals surface area contributed by atoms with E-state index in [1.165, 1.54) is 4.57 Å². The second-order valence-corrected chi connectivity index (χ2v) is 7.10. The van der Waals surface area contributed by atoms with E-state index >= 15 is 0 Å². The highest BCUT2D eigenvalue weighted by Gasteiger charge is 2.27. The van der Waals surface area contributed by atoms with Crippen LogP contribution >= 0.6 is 0 Å². The van der Waals surface area contributed by atoms with Crippen LogP contribution in [-0.2, 0) is 4.74 Å². The summed E-state index contributed by atoms with van der Waals surface area (Å²) in [4.78, 5) is 12.5. The second-order valence-electron chi connectivity index (χ2n) is 7.10. The highest BCUT2D eigenvalue weighted by Crippen LogP contribution is 2.32. The lowest BCUT2D eigenvalue weighted by atomic mass is 9.93. The quantitative estimate of drug-likeness (QED) is 0.539. The van der Waals surface area contributed by atoms with Gasteiger partial charge in [-0.25, -0.2) is 23.1 Å². The predicted octanol–water partition coefficient (Wildman–Crippen LogP) is 3.66. The maximum absolute atomic E-state index is 14.4. The Morgan fingerprint density at radius 1 is 1.19 bits per heavy atom. The number of halogens is 3. The average molecular weight is 456 g/mol. The first-order valence-electron chi connectivity index (χ1n) is 13.8. The maximum atomic E-state index is 14.4. The van der Waals surface area contributed by atoms with Crippen LogP contribution in [0.4, 0.5) is 30.8 Å². The third-order valence-electron chi connectivity index (χ3n) is 4.91. The van der Waals surface area contributed by atoms with Gasteiger partial charge in [0.1, 0.15) is 17.0 Å². The van der Waals surface area contributed by atoms with Crippen molar-refractivity contribution in [2.45, 2.75) is 50.1 Å². The molecule has 2 aromatic heterocycles. The van der Waals surface area contributed by atoms with Crippen molar-refractivity contribution in [3.05, 3.63) is 35.8 Å². The molecule has 1 aliphatic carbocycles. The predicted molar refractivity (Wildman–Crippen MR) is 111 cm³/mol. The normalized spacial score (nSPS) is 39.6. The molecule has 3 heterocycles. The second kappa shape index (κ2) is 8.55. The third kappa shape index (κ3) is 4.09. The number of ether oxygens (including phenoxy) is 1. The molecule has 11 heteroatoms. The number of imidazole rings is 1. The highest BCUT2D eigenvalue weighted by atomic mass is 19.1. The van der Waals surface area contributed by atoms with Crippen molar-refractivity contribution in [3.63, 3.8) is 0 Å². The van der Waals surface area contributed by atoms with Gasteiger partial charge in [0.2, 0.25) is 11.9 Å². The molecule has 2 aliphatic rings. The Balaban J connectivity index is 1.60. The summed E-state index contributed by atoms with van der Waals surface area (Å²) in [7, 11) is 0. The molecule has 1 aromatic carbocycles. The summed E-state index contributed by atoms with van der Waals surface area (Å²) >= 11 is 0. The van der Waals surface area contributed by atoms with Gasteiger partial charge in [-0.1, -0.05) is 0 Å². The fourth-order valence-electron chi connectivity index (χ4n) is 3.44. The van der Waals surface area contributed by atoms with Crippen molar-refractivity contribution < 1.29 is 34.0 Å². The summed E-state index contributed by atoms with van der Waals surface area (Å²) < 4.78 is 115. The van der Waals surface area contributed by atoms with Gasteiger partial charge in [0.25, 0.3) is 0 Å². The van der Waals surface area contributed by atoms with Crippen molar-refractivity contribution in [1.29, 1.82) is 0 Å². The lowest BCUT2D eigenvalue weighted by Crippen LogP contribution is -2.29. The van der Waals surface area contributed by atoms with Gasteiger partial charge in [0, 0.05) is 33.0 Å². The Hall–Kier alpha value is -2.92. The Labute approximate surface area is 193 Å². The third-order valence-corrected chi connectivity index (χ3v) is 4.91. The molecule has 1 aliphatic heterocycles. The van der Waals surface area contributed by atoms with E-state index in [4.69, 9.17) is 15.7 Å². The van der Waals surface area contributed by atoms with E-state index in [0.717, 1.165) is 6.20 Å². The number of hydrogen-bond donors (Lipinski definition) is 3. The van der Waals surface area contributed by atoms with Crippen LogP contribution in [0.5, 0.6) is 0 Å². The number of aromatic nitrogens is 4. The van der Waals surface area contributed by atoms with Gasteiger partial charge in [-0.2, -0.15) is 4.98 Å². The standard InChI is InChI=1S/C21H23F3N6O2/c22-11-7-15(23)18(16(24)8-11)28-21-27-17-9-25-20(26-12-1-3-14(31)4-2-12)29-19(17)30(21)13-5-6-32-10-13/h7-9,12-14,31H,1-6,10H2,(H,27,28)(H,25,26,29)/i1D2,2D2,3D,4D,12D,14D. The van der Waals surface area contributed by atoms with Gasteiger partial charge in [-0.3, -0.25) is 4.57 Å². The number of benzene rings is 1. The maximum Gasteiger partial charge on any atom is 0.224 e. The molecule has 0 amide bonds. The number of aliphatic hydroxyl groups is 1. The molecule has 3 N–H and O–H groups in total. The van der Waals surface area contributed by atoms with E-state index in [1.54, 1.807) is 0 Å². The van der Waals surface area contributed by atoms with Crippen molar-refractivity contribution in [1.82, 2.24) is 19.5 Å². The first-order valence-corrected chi connectivity index (χ1v) is 9.61. The van der Waals surface area contributed by atoms with Crippen LogP contribution in [0, 0.1) is 17.5 Å². The number of rotatable bonds is 5. The SMILES string of the molecule is [2H]C1C([2H])(O)C([2H])C([2H])([2H])C([2H])(Nc2ncc3nc(Nc4c(F)cc(F)cc4F)n(C4CCOC4)c3n2)C1([2H])[2H]. The Morgan fingerprint density at radius 2 is 1.94 bits per heavy atom. The van der Waals surface area contributed by atoms with Crippen LogP contribution < -0.4 is 10.6 Å². The monoisotopic (exact) mass is 456 g/mol. The summed E-state index contributed by atoms with van der Waals surface area (Å²) in [5.74, 6) is -4.22. The van der Waals surface area contributed by atoms with Gasteiger partial charge in [0.15, 0.2) is 17.3 Å². The lowest BCUT2D eigenvalue weighted by molar-refractivity contribution is 0.126. The fourth-order valence-corrected chi connectivity index (χ4v) is 3.44. The van der Waals surface area contributed by atoms with Gasteiger partial charge >= 0.3 is 0 Å². The van der Waals surface area contributed by atoms with Crippen molar-refractivity contribution in [2.24, 2.45) is 0 Å². The lowest BCUT2D eigenvalue weighted by Gasteiger charge is -2.26. The van der Waals surface area contributed by atoms with Crippen LogP contribution in [0.25, 0.3) is 11.2 Å². The molecule has 170 valence electrons. The smallest absolute Gasteiger partial charge is 0.224 e. The molecular weight excluding hydrogens is 425 g/mol. The Bertz CT molecular complexity index is 1420. The molecular formula is C21H23F3N6O2. The summed E-state index contributed by atoms with van der Waals surface area (Å²) in [5, 5.41) is 15.0. The zero-order valence-corrected chi connectivity index (χ0v) is 16.4. The molecule has 1 saturated heterocycles. The van der Waals surface area contributed by atoms with Crippen molar-refractivity contribution >= 4 is 28.7 Å². The Morgan fingerprint density at radius 3 is 2.62 bits per heavy atom. The number of nitrogens with zero attached hydrogens (tertiary/aromatic N) is 4. The first-order chi connectivity index (χ1) is 18.5. The van der Waals surface area contributed by atoms with Gasteiger partial charge < -0.3 is 20.5 Å². The van der Waals surface area contributed by atoms with E-state index in [-0.39, 0.29) is 23.7 Å². The van der Waals surface area contributed by atoms with E-state index in [0.29, 0.717) is 25.2 Å². The molecule has 0 bridgehead atoms. The zero-order valence-electron chi connectivity index (χ0n) is 24.4. The summed E-state index contributed by atoms with van der Waals surface area (Å²) in [5.41, 5.74) is -0.600. The van der Waals surface area contributed by atoms with Crippen molar-refractivity contribution in [2.75, 3.05) is 23.8 Å². The molecule has 3 unspecified atom stereocenters. The summed E-state index contributed by atoms with van der Waals surface area (Å²) in [6.07, 6.45) is -12.9. The van der Waals surface area contributed by atoms with E-state index in [2.05, 4.69) is 25.6 Å². The first kappa shape index (κ1) is 13.6. The van der Waals surface area contributed by atoms with Crippen LogP contribution in [0.3, 0.4) is 0 Å². The highest BCUT2D eigenvalue weighted by molar-refractivity contribution is 5.76. The minimum Gasteiger partial charge on any atom is -0.393 e. The van der Waals surface area contributed by atoms with Crippen LogP contribution in [-0.4, -0.2) is 49.9 Å². The van der Waals surface area contributed by atoms with Crippen LogP contribution in [0.2, 0.25) is 0 Å². The topological polar surface area (TPSA) is 97.1 Å². The van der Waals surface area contributed by atoms with Gasteiger partial charge in [-0.15, -0.1) is 0 Å². The Kier molecular flexibility index (Phi) is 3.63. The van der Waals surface area contributed by atoms with Crippen molar-refractivity contribution in [3.8, 4) is 0 Å². The van der Waals surface area contributed by atoms with Gasteiger partial charge in [0.05, 0.1) is 27.7 Å². The minimum atomic E-state index is -3.23. The molecule has 2 fully saturated rings. The number of hydrogen-bond acceptors (Lipinski definition) is 7. The molecule has 5 rings (SSSR count). The summed E-state index contributed by atoms with van der Waals surface area (Å²) in [6, 6.07) is -2.62. The van der Waals surface area contributed by atoms with E-state index in [9.17, 15) is 18.3 Å². The largest absolute Gasteiger partial charge is 0.393 e. The fraction of sp³-hybridized carbons (Fsp3) is 0.476. The van der Waals surface area contributed by atoms with Gasteiger partial charge in [-0.05, 0) is 32.0 Å². The number of anilines is 3. The molecule has 0 radical (unpaired) electrons. The molecule has 1 saturated carbocycles. The molecule has 3 atom stereocenters. The van der Waals surface area contributed by atoms with Crippen LogP contribution in [0.1, 0.15) is 49.0 Å². The molecule has 3 aromatic rings. The van der Waals surface area contributed by atoms with E-state index < -0.39 is 72.8 Å². The summed E-state index contributed by atoms with van der Waals surface area (Å²) in [6.45, 7) is 0.485. The number of fused-ring (bicyclic) bond motifs is 1. The minimum absolute atomic E-state index is 0.0146. The van der Waals surface area contributed by atoms with Crippen LogP contribution in [0.15, 0.2) is 18.3 Å². The average Bonchev–Trinajstić information content (AvgIpc) is 3.51. The molecule has 0 spiro atoms. The number of nitrogens with one attached hydrogen (secondary N) is 2. The van der Waals surface area contributed by atoms with E-state index in [1.807, 2.05) is 0 Å².